The van der Waals surface area contributed by atoms with Gasteiger partial charge in [0.15, 0.2) is 17.5 Å². The molecule has 3 aliphatic rings. The van der Waals surface area contributed by atoms with Crippen molar-refractivity contribution in [2.45, 2.75) is 51.2 Å². The number of ether oxygens (including phenoxy) is 1. The fraction of sp³-hybridized carbons (Fsp3) is 0.458. The van der Waals surface area contributed by atoms with Gasteiger partial charge in [-0.05, 0) is 37.8 Å². The zero-order chi connectivity index (χ0) is 23.7. The van der Waals surface area contributed by atoms with Gasteiger partial charge in [0.05, 0.1) is 36.8 Å². The summed E-state index contributed by atoms with van der Waals surface area (Å²) >= 11 is 0. The van der Waals surface area contributed by atoms with Gasteiger partial charge in [0.25, 0.3) is 5.91 Å². The van der Waals surface area contributed by atoms with E-state index >= 15 is 0 Å². The SMILES string of the molecule is CC1COc2c(C(=O)N3C4CCCC3c3nn(C)c(-c5cc(F)c(F)c(F)c5)c3C4)cnn2C1. The number of carbonyl (C=O) groups is 1. The summed E-state index contributed by atoms with van der Waals surface area (Å²) < 4.78 is 50.7. The lowest BCUT2D eigenvalue weighted by atomic mass is 9.81. The van der Waals surface area contributed by atoms with Crippen LogP contribution in [0.3, 0.4) is 0 Å². The first-order chi connectivity index (χ1) is 16.3. The van der Waals surface area contributed by atoms with Crippen LogP contribution in [-0.4, -0.2) is 43.0 Å². The predicted octanol–water partition coefficient (Wildman–Crippen LogP) is 4.02. The molecular formula is C24H24F3N5O2. The summed E-state index contributed by atoms with van der Waals surface area (Å²) in [5.41, 5.74) is 2.82. The Labute approximate surface area is 194 Å². The third-order valence-corrected chi connectivity index (χ3v) is 7.18. The first kappa shape index (κ1) is 21.2. The highest BCUT2D eigenvalue weighted by Crippen LogP contribution is 2.45. The number of aryl methyl sites for hydroxylation is 1. The molecule has 178 valence electrons. The third-order valence-electron chi connectivity index (χ3n) is 7.18. The van der Waals surface area contributed by atoms with Crippen LogP contribution in [0.2, 0.25) is 0 Å². The third kappa shape index (κ3) is 3.07. The highest BCUT2D eigenvalue weighted by molar-refractivity contribution is 5.97. The average Bonchev–Trinajstić information content (AvgIpc) is 3.36. The number of piperidine rings is 1. The lowest BCUT2D eigenvalue weighted by Crippen LogP contribution is -2.50. The number of hydrogen-bond donors (Lipinski definition) is 0. The molecule has 0 N–H and O–H groups in total. The van der Waals surface area contributed by atoms with Crippen molar-refractivity contribution in [3.05, 3.63) is 52.6 Å². The topological polar surface area (TPSA) is 65.2 Å². The lowest BCUT2D eigenvalue weighted by molar-refractivity contribution is 0.0384. The molecular weight excluding hydrogens is 447 g/mol. The molecule has 34 heavy (non-hydrogen) atoms. The molecule has 10 heteroatoms. The van der Waals surface area contributed by atoms with Gasteiger partial charge in [0, 0.05) is 30.1 Å². The van der Waals surface area contributed by atoms with E-state index in [4.69, 9.17) is 4.74 Å². The molecule has 3 aliphatic heterocycles. The van der Waals surface area contributed by atoms with Crippen molar-refractivity contribution >= 4 is 5.91 Å². The Morgan fingerprint density at radius 3 is 2.71 bits per heavy atom. The van der Waals surface area contributed by atoms with E-state index < -0.39 is 17.5 Å². The van der Waals surface area contributed by atoms with Crippen LogP contribution in [0.5, 0.6) is 5.88 Å². The van der Waals surface area contributed by atoms with E-state index in [0.717, 1.165) is 42.7 Å². The van der Waals surface area contributed by atoms with Gasteiger partial charge in [-0.3, -0.25) is 9.48 Å². The molecule has 1 saturated heterocycles. The summed E-state index contributed by atoms with van der Waals surface area (Å²) in [6.07, 6.45) is 4.57. The molecule has 1 amide bonds. The van der Waals surface area contributed by atoms with E-state index in [1.54, 1.807) is 22.6 Å². The number of aromatic nitrogens is 4. The summed E-state index contributed by atoms with van der Waals surface area (Å²) in [6.45, 7) is 3.31. The van der Waals surface area contributed by atoms with Crippen molar-refractivity contribution in [2.24, 2.45) is 13.0 Å². The number of halogens is 3. The number of nitrogens with zero attached hydrogens (tertiary/aromatic N) is 5. The molecule has 1 fully saturated rings. The van der Waals surface area contributed by atoms with Gasteiger partial charge in [-0.1, -0.05) is 6.92 Å². The van der Waals surface area contributed by atoms with Crippen LogP contribution in [0, 0.1) is 23.4 Å². The smallest absolute Gasteiger partial charge is 0.261 e. The fourth-order valence-corrected chi connectivity index (χ4v) is 5.71. The van der Waals surface area contributed by atoms with Gasteiger partial charge < -0.3 is 9.64 Å². The Kier molecular flexibility index (Phi) is 4.76. The summed E-state index contributed by atoms with van der Waals surface area (Å²) in [4.78, 5) is 15.6. The van der Waals surface area contributed by atoms with E-state index in [-0.39, 0.29) is 23.6 Å². The predicted molar refractivity (Wildman–Crippen MR) is 116 cm³/mol. The molecule has 3 unspecified atom stereocenters. The highest BCUT2D eigenvalue weighted by atomic mass is 19.2. The van der Waals surface area contributed by atoms with E-state index in [9.17, 15) is 18.0 Å². The van der Waals surface area contributed by atoms with Gasteiger partial charge in [0.2, 0.25) is 5.88 Å². The molecule has 2 bridgehead atoms. The minimum atomic E-state index is -1.49. The molecule has 2 aromatic heterocycles. The van der Waals surface area contributed by atoms with Crippen LogP contribution >= 0.6 is 0 Å². The van der Waals surface area contributed by atoms with Crippen molar-refractivity contribution in [3.63, 3.8) is 0 Å². The maximum atomic E-state index is 14.0. The van der Waals surface area contributed by atoms with E-state index in [2.05, 4.69) is 17.1 Å². The minimum Gasteiger partial charge on any atom is -0.477 e. The molecule has 0 aliphatic carbocycles. The van der Waals surface area contributed by atoms with Crippen LogP contribution in [0.4, 0.5) is 13.2 Å². The average molecular weight is 471 g/mol. The molecule has 0 saturated carbocycles. The summed E-state index contributed by atoms with van der Waals surface area (Å²) in [7, 11) is 1.70. The molecule has 0 radical (unpaired) electrons. The van der Waals surface area contributed by atoms with Crippen LogP contribution in [0.15, 0.2) is 18.3 Å². The fourth-order valence-electron chi connectivity index (χ4n) is 5.71. The molecule has 1 aromatic carbocycles. The van der Waals surface area contributed by atoms with Gasteiger partial charge in [-0.15, -0.1) is 0 Å². The van der Waals surface area contributed by atoms with Crippen molar-refractivity contribution in [2.75, 3.05) is 6.61 Å². The van der Waals surface area contributed by atoms with E-state index in [0.29, 0.717) is 42.6 Å². The molecule has 7 nitrogen and oxygen atoms in total. The standard InChI is InChI=1S/C24H24F3N5O2/c1-12-10-31-24(34-11-12)16(9-28-31)23(33)32-14-4-3-5-19(32)21-15(8-14)22(30(2)29-21)13-6-17(25)20(27)18(26)7-13/h6-7,9,12,14,19H,3-5,8,10-11H2,1-2H3. The molecule has 3 atom stereocenters. The Morgan fingerprint density at radius 1 is 1.18 bits per heavy atom. The van der Waals surface area contributed by atoms with Gasteiger partial charge >= 0.3 is 0 Å². The largest absolute Gasteiger partial charge is 0.477 e. The maximum absolute atomic E-state index is 14.0. The normalized spacial score (nSPS) is 23.3. The highest BCUT2D eigenvalue weighted by Gasteiger charge is 2.45. The number of carbonyl (C=O) groups excluding carboxylic acids is 1. The quantitative estimate of drug-likeness (QED) is 0.530. The van der Waals surface area contributed by atoms with Crippen LogP contribution in [0.25, 0.3) is 11.3 Å². The maximum Gasteiger partial charge on any atom is 0.261 e. The number of fused-ring (bicyclic) bond motifs is 5. The second-order valence-corrected chi connectivity index (χ2v) is 9.57. The first-order valence-electron chi connectivity index (χ1n) is 11.6. The van der Waals surface area contributed by atoms with Crippen molar-refractivity contribution in [1.29, 1.82) is 0 Å². The van der Waals surface area contributed by atoms with Crippen molar-refractivity contribution in [3.8, 4) is 17.1 Å². The van der Waals surface area contributed by atoms with Gasteiger partial charge in [-0.25, -0.2) is 17.9 Å². The van der Waals surface area contributed by atoms with E-state index in [1.165, 1.54) is 0 Å². The van der Waals surface area contributed by atoms with Crippen molar-refractivity contribution in [1.82, 2.24) is 24.5 Å². The monoisotopic (exact) mass is 471 g/mol. The van der Waals surface area contributed by atoms with E-state index in [1.807, 2.05) is 4.90 Å². The van der Waals surface area contributed by atoms with Crippen LogP contribution < -0.4 is 4.74 Å². The molecule has 3 aromatic rings. The number of amides is 1. The van der Waals surface area contributed by atoms with Gasteiger partial charge in [-0.2, -0.15) is 10.2 Å². The first-order valence-corrected chi connectivity index (χ1v) is 11.6. The number of hydrogen-bond acceptors (Lipinski definition) is 4. The van der Waals surface area contributed by atoms with Crippen LogP contribution in [-0.2, 0) is 20.0 Å². The zero-order valence-corrected chi connectivity index (χ0v) is 18.9. The Hall–Kier alpha value is -3.30. The van der Waals surface area contributed by atoms with Crippen molar-refractivity contribution < 1.29 is 22.7 Å². The number of rotatable bonds is 2. The summed E-state index contributed by atoms with van der Waals surface area (Å²) in [5, 5.41) is 9.04. The summed E-state index contributed by atoms with van der Waals surface area (Å²) in [5.74, 6) is -3.28. The lowest BCUT2D eigenvalue weighted by Gasteiger charge is -2.45. The molecule has 6 rings (SSSR count). The molecule has 5 heterocycles. The van der Waals surface area contributed by atoms with Crippen LogP contribution in [0.1, 0.15) is 53.8 Å². The van der Waals surface area contributed by atoms with Gasteiger partial charge in [0.1, 0.15) is 5.56 Å². The zero-order valence-electron chi connectivity index (χ0n) is 18.9. The Balaban J connectivity index is 1.40. The molecule has 0 spiro atoms. The number of benzene rings is 1. The minimum absolute atomic E-state index is 0.0880. The summed E-state index contributed by atoms with van der Waals surface area (Å²) in [6, 6.07) is 1.65. The Bertz CT molecular complexity index is 1290. The second-order valence-electron chi connectivity index (χ2n) is 9.57. The Morgan fingerprint density at radius 2 is 1.94 bits per heavy atom. The second kappa shape index (κ2) is 7.61.